The second kappa shape index (κ2) is 4.84. The highest BCUT2D eigenvalue weighted by atomic mass is 35.5. The lowest BCUT2D eigenvalue weighted by molar-refractivity contribution is -0.385. The van der Waals surface area contributed by atoms with E-state index in [1.54, 1.807) is 0 Å². The Morgan fingerprint density at radius 3 is 2.47 bits per heavy atom. The van der Waals surface area contributed by atoms with Gasteiger partial charge in [0.2, 0.25) is 0 Å². The first-order chi connectivity index (χ1) is 7.13. The number of non-ortho nitro benzene ring substituents is 1. The summed E-state index contributed by atoms with van der Waals surface area (Å²) in [6.07, 6.45) is 0. The van der Waals surface area contributed by atoms with Crippen LogP contribution in [0.4, 0.5) is 5.69 Å². The predicted octanol–water partition coefficient (Wildman–Crippen LogP) is 2.35. The molecule has 0 aliphatic heterocycles. The van der Waals surface area contributed by atoms with Crippen LogP contribution in [0.15, 0.2) is 12.1 Å². The second-order valence-corrected chi connectivity index (χ2v) is 3.00. The first-order valence-corrected chi connectivity index (χ1v) is 4.62. The Hall–Kier alpha value is -1.49. The number of rotatable bonds is 4. The van der Waals surface area contributed by atoms with E-state index in [1.807, 2.05) is 0 Å². The zero-order valence-corrected chi connectivity index (χ0v) is 9.08. The molecule has 0 unspecified atom stereocenters. The molecule has 0 spiro atoms. The molecule has 0 saturated heterocycles. The number of methoxy groups -OCH3 is 2. The molecule has 1 aromatic carbocycles. The van der Waals surface area contributed by atoms with Crippen molar-refractivity contribution in [2.24, 2.45) is 0 Å². The highest BCUT2D eigenvalue weighted by Crippen LogP contribution is 2.36. The molecule has 0 aliphatic rings. The predicted molar refractivity (Wildman–Crippen MR) is 55.8 cm³/mol. The van der Waals surface area contributed by atoms with E-state index < -0.39 is 4.92 Å². The molecule has 0 aromatic heterocycles. The fourth-order valence-electron chi connectivity index (χ4n) is 1.23. The summed E-state index contributed by atoms with van der Waals surface area (Å²) in [5.74, 6) is 0.863. The van der Waals surface area contributed by atoms with Crippen LogP contribution in [-0.4, -0.2) is 19.1 Å². The lowest BCUT2D eigenvalue weighted by Crippen LogP contribution is -1.97. The standard InChI is InChI=1S/C9H10ClNO4/c1-14-8-4-7(11(12)13)3-6(5-10)9(8)15-2/h3-4H,5H2,1-2H3. The highest BCUT2D eigenvalue weighted by molar-refractivity contribution is 6.17. The summed E-state index contributed by atoms with van der Waals surface area (Å²) in [4.78, 5) is 10.1. The average Bonchev–Trinajstić information content (AvgIpc) is 2.26. The highest BCUT2D eigenvalue weighted by Gasteiger charge is 2.17. The number of hydrogen-bond acceptors (Lipinski definition) is 4. The lowest BCUT2D eigenvalue weighted by Gasteiger charge is -2.10. The first-order valence-electron chi connectivity index (χ1n) is 4.09. The van der Waals surface area contributed by atoms with E-state index in [9.17, 15) is 10.1 Å². The van der Waals surface area contributed by atoms with Crippen molar-refractivity contribution in [3.8, 4) is 11.5 Å². The average molecular weight is 232 g/mol. The second-order valence-electron chi connectivity index (χ2n) is 2.73. The van der Waals surface area contributed by atoms with Gasteiger partial charge >= 0.3 is 0 Å². The van der Waals surface area contributed by atoms with Crippen molar-refractivity contribution in [3.63, 3.8) is 0 Å². The Morgan fingerprint density at radius 2 is 2.07 bits per heavy atom. The van der Waals surface area contributed by atoms with Crippen molar-refractivity contribution in [2.75, 3.05) is 14.2 Å². The Bertz CT molecular complexity index is 355. The van der Waals surface area contributed by atoms with Crippen molar-refractivity contribution >= 4 is 17.3 Å². The summed E-state index contributed by atoms with van der Waals surface area (Å²) in [6, 6.07) is 2.67. The van der Waals surface area contributed by atoms with Crippen LogP contribution in [0.2, 0.25) is 0 Å². The van der Waals surface area contributed by atoms with E-state index in [0.29, 0.717) is 17.1 Å². The SMILES string of the molecule is COc1cc([N+](=O)[O-])cc(CCl)c1OC. The maximum absolute atomic E-state index is 10.6. The van der Waals surface area contributed by atoms with E-state index in [2.05, 4.69) is 0 Å². The first kappa shape index (κ1) is 11.6. The Balaban J connectivity index is 3.35. The van der Waals surface area contributed by atoms with Crippen molar-refractivity contribution in [3.05, 3.63) is 27.8 Å². The Morgan fingerprint density at radius 1 is 1.40 bits per heavy atom. The van der Waals surface area contributed by atoms with Gasteiger partial charge in [-0.1, -0.05) is 0 Å². The van der Waals surface area contributed by atoms with Crippen LogP contribution in [0.25, 0.3) is 0 Å². The van der Waals surface area contributed by atoms with Gasteiger partial charge < -0.3 is 9.47 Å². The normalized spacial score (nSPS) is 9.80. The number of alkyl halides is 1. The molecule has 0 atom stereocenters. The van der Waals surface area contributed by atoms with Crippen molar-refractivity contribution in [2.45, 2.75) is 5.88 Å². The number of halogens is 1. The minimum atomic E-state index is -0.502. The van der Waals surface area contributed by atoms with Gasteiger partial charge in [-0.25, -0.2) is 0 Å². The fraction of sp³-hybridized carbons (Fsp3) is 0.333. The van der Waals surface area contributed by atoms with Crippen LogP contribution in [0.1, 0.15) is 5.56 Å². The number of ether oxygens (including phenoxy) is 2. The van der Waals surface area contributed by atoms with E-state index in [0.717, 1.165) is 0 Å². The fourth-order valence-corrected chi connectivity index (χ4v) is 1.43. The molecule has 0 aliphatic carbocycles. The molecule has 0 amide bonds. The van der Waals surface area contributed by atoms with Crippen LogP contribution in [0, 0.1) is 10.1 Å². The van der Waals surface area contributed by atoms with Gasteiger partial charge in [0.25, 0.3) is 5.69 Å². The molecule has 15 heavy (non-hydrogen) atoms. The topological polar surface area (TPSA) is 61.6 Å². The zero-order chi connectivity index (χ0) is 11.4. The summed E-state index contributed by atoms with van der Waals surface area (Å²) in [6.45, 7) is 0. The summed E-state index contributed by atoms with van der Waals surface area (Å²) in [5, 5.41) is 10.6. The summed E-state index contributed by atoms with van der Waals surface area (Å²) >= 11 is 5.66. The van der Waals surface area contributed by atoms with Crippen molar-refractivity contribution in [1.82, 2.24) is 0 Å². The number of nitrogens with zero attached hydrogens (tertiary/aromatic N) is 1. The molecular weight excluding hydrogens is 222 g/mol. The Kier molecular flexibility index (Phi) is 3.74. The van der Waals surface area contributed by atoms with Crippen LogP contribution >= 0.6 is 11.6 Å². The van der Waals surface area contributed by atoms with E-state index in [-0.39, 0.29) is 11.6 Å². The third kappa shape index (κ3) is 2.30. The lowest BCUT2D eigenvalue weighted by atomic mass is 10.2. The maximum atomic E-state index is 10.6. The molecule has 82 valence electrons. The van der Waals surface area contributed by atoms with Gasteiger partial charge in [0, 0.05) is 11.6 Å². The molecule has 1 rings (SSSR count). The quantitative estimate of drug-likeness (QED) is 0.453. The van der Waals surface area contributed by atoms with E-state index in [1.165, 1.54) is 26.4 Å². The van der Waals surface area contributed by atoms with Gasteiger partial charge in [0.05, 0.1) is 31.1 Å². The third-order valence-corrected chi connectivity index (χ3v) is 2.18. The van der Waals surface area contributed by atoms with Crippen molar-refractivity contribution in [1.29, 1.82) is 0 Å². The monoisotopic (exact) mass is 231 g/mol. The van der Waals surface area contributed by atoms with Crippen molar-refractivity contribution < 1.29 is 14.4 Å². The van der Waals surface area contributed by atoms with E-state index >= 15 is 0 Å². The molecule has 0 N–H and O–H groups in total. The molecule has 6 heteroatoms. The van der Waals surface area contributed by atoms with Gasteiger partial charge in [0.15, 0.2) is 11.5 Å². The Labute approximate surface area is 91.7 Å². The van der Waals surface area contributed by atoms with Crippen LogP contribution in [0.3, 0.4) is 0 Å². The molecule has 0 radical (unpaired) electrons. The van der Waals surface area contributed by atoms with Crippen LogP contribution in [0.5, 0.6) is 11.5 Å². The minimum Gasteiger partial charge on any atom is -0.493 e. The van der Waals surface area contributed by atoms with Gasteiger partial charge in [0.1, 0.15) is 0 Å². The third-order valence-electron chi connectivity index (χ3n) is 1.90. The zero-order valence-electron chi connectivity index (χ0n) is 8.32. The number of hydrogen-bond donors (Lipinski definition) is 0. The molecule has 0 bridgehead atoms. The summed E-state index contributed by atoms with van der Waals surface area (Å²) < 4.78 is 10.0. The molecule has 5 nitrogen and oxygen atoms in total. The number of nitro benzene ring substituents is 1. The summed E-state index contributed by atoms with van der Waals surface area (Å²) in [7, 11) is 2.87. The molecular formula is C9H10ClNO4. The van der Waals surface area contributed by atoms with Crippen LogP contribution in [-0.2, 0) is 5.88 Å². The van der Waals surface area contributed by atoms with Gasteiger partial charge in [-0.05, 0) is 0 Å². The van der Waals surface area contributed by atoms with Gasteiger partial charge in [-0.3, -0.25) is 10.1 Å². The van der Waals surface area contributed by atoms with Gasteiger partial charge in [-0.15, -0.1) is 11.6 Å². The maximum Gasteiger partial charge on any atom is 0.273 e. The molecule has 1 aromatic rings. The molecule has 0 saturated carbocycles. The van der Waals surface area contributed by atoms with Crippen LogP contribution < -0.4 is 9.47 Å². The molecule has 0 heterocycles. The van der Waals surface area contributed by atoms with E-state index in [4.69, 9.17) is 21.1 Å². The molecule has 0 fully saturated rings. The minimum absolute atomic E-state index is 0.0664. The number of nitro groups is 1. The van der Waals surface area contributed by atoms with Gasteiger partial charge in [-0.2, -0.15) is 0 Å². The smallest absolute Gasteiger partial charge is 0.273 e. The number of benzene rings is 1. The summed E-state index contributed by atoms with van der Waals surface area (Å²) in [5.41, 5.74) is 0.466. The largest absolute Gasteiger partial charge is 0.493 e.